The number of aromatic nitrogens is 1. The number of aromatic amines is 1. The minimum absolute atomic E-state index is 0.208. The van der Waals surface area contributed by atoms with Gasteiger partial charge in [-0.15, -0.1) is 0 Å². The number of rotatable bonds is 1. The zero-order chi connectivity index (χ0) is 13.7. The van der Waals surface area contributed by atoms with Gasteiger partial charge in [-0.1, -0.05) is 26.8 Å². The maximum atomic E-state index is 11.1. The zero-order valence-electron chi connectivity index (χ0n) is 12.0. The first-order valence-electron chi connectivity index (χ1n) is 7.18. The Morgan fingerprint density at radius 2 is 2.00 bits per heavy atom. The van der Waals surface area contributed by atoms with Gasteiger partial charge in [0.05, 0.1) is 5.60 Å². The quantitative estimate of drug-likeness (QED) is 0.789. The second-order valence-corrected chi connectivity index (χ2v) is 7.17. The zero-order valence-corrected chi connectivity index (χ0v) is 12.0. The van der Waals surface area contributed by atoms with Crippen molar-refractivity contribution in [2.75, 3.05) is 0 Å². The summed E-state index contributed by atoms with van der Waals surface area (Å²) >= 11 is 0. The summed E-state index contributed by atoms with van der Waals surface area (Å²) in [6.07, 6.45) is 4.86. The van der Waals surface area contributed by atoms with E-state index < -0.39 is 5.60 Å². The number of benzene rings is 1. The van der Waals surface area contributed by atoms with Gasteiger partial charge in [-0.3, -0.25) is 0 Å². The van der Waals surface area contributed by atoms with E-state index in [9.17, 15) is 5.11 Å². The summed E-state index contributed by atoms with van der Waals surface area (Å²) in [5.74, 6) is 0.565. The number of nitrogens with one attached hydrogen (secondary N) is 1. The summed E-state index contributed by atoms with van der Waals surface area (Å²) in [6, 6.07) is 8.36. The van der Waals surface area contributed by atoms with Crippen molar-refractivity contribution in [3.8, 4) is 0 Å². The van der Waals surface area contributed by atoms with Crippen LogP contribution >= 0.6 is 0 Å². The van der Waals surface area contributed by atoms with E-state index >= 15 is 0 Å². The second-order valence-electron chi connectivity index (χ2n) is 7.17. The van der Waals surface area contributed by atoms with Crippen LogP contribution in [-0.4, -0.2) is 10.1 Å². The molecule has 2 N–H and O–H groups in total. The van der Waals surface area contributed by atoms with Crippen molar-refractivity contribution < 1.29 is 5.11 Å². The van der Waals surface area contributed by atoms with Crippen LogP contribution in [0.4, 0.5) is 0 Å². The Hall–Kier alpha value is -1.28. The Bertz CT molecular complexity index is 598. The predicted octanol–water partition coefficient (Wildman–Crippen LogP) is 4.20. The van der Waals surface area contributed by atoms with E-state index in [4.69, 9.17) is 0 Å². The Labute approximate surface area is 114 Å². The number of hydrogen-bond acceptors (Lipinski definition) is 1. The molecule has 2 atom stereocenters. The van der Waals surface area contributed by atoms with Crippen LogP contribution in [-0.2, 0) is 5.60 Å². The van der Waals surface area contributed by atoms with Crippen molar-refractivity contribution in [1.82, 2.24) is 4.98 Å². The van der Waals surface area contributed by atoms with Gasteiger partial charge in [0.2, 0.25) is 0 Å². The summed E-state index contributed by atoms with van der Waals surface area (Å²) in [5.41, 5.74) is 1.74. The molecule has 3 rings (SSSR count). The Morgan fingerprint density at radius 1 is 1.21 bits per heavy atom. The fourth-order valence-electron chi connectivity index (χ4n) is 4.09. The summed E-state index contributed by atoms with van der Waals surface area (Å²) in [4.78, 5) is 3.21. The van der Waals surface area contributed by atoms with Gasteiger partial charge in [0, 0.05) is 11.7 Å². The van der Waals surface area contributed by atoms with Gasteiger partial charge >= 0.3 is 0 Å². The maximum Gasteiger partial charge on any atom is 0.0904 e. The lowest BCUT2D eigenvalue weighted by atomic mass is 9.64. The van der Waals surface area contributed by atoms with Crippen LogP contribution < -0.4 is 0 Å². The molecule has 2 aromatic rings. The van der Waals surface area contributed by atoms with Crippen LogP contribution in [0.5, 0.6) is 0 Å². The molecule has 1 aliphatic carbocycles. The Balaban J connectivity index is 2.02. The lowest BCUT2D eigenvalue weighted by molar-refractivity contribution is -0.0634. The third-order valence-corrected chi connectivity index (χ3v) is 4.45. The molecule has 1 heterocycles. The van der Waals surface area contributed by atoms with Crippen molar-refractivity contribution in [2.24, 2.45) is 11.3 Å². The number of aliphatic hydroxyl groups is 1. The van der Waals surface area contributed by atoms with E-state index in [2.05, 4.69) is 50.0 Å². The van der Waals surface area contributed by atoms with Gasteiger partial charge in [0.15, 0.2) is 0 Å². The van der Waals surface area contributed by atoms with Crippen molar-refractivity contribution >= 4 is 10.9 Å². The number of hydrogen-bond donors (Lipinski definition) is 2. The van der Waals surface area contributed by atoms with E-state index in [-0.39, 0.29) is 5.41 Å². The standard InChI is InChI=1S/C17H23NO/c1-12-9-16(2,3)11-17(19,10-12)14-4-5-15-13(8-14)6-7-18-15/h4-8,12,18-19H,9-11H2,1-3H3. The summed E-state index contributed by atoms with van der Waals surface area (Å²) < 4.78 is 0. The van der Waals surface area contributed by atoms with Crippen molar-refractivity contribution in [2.45, 2.75) is 45.6 Å². The van der Waals surface area contributed by atoms with Crippen LogP contribution in [0.15, 0.2) is 30.5 Å². The van der Waals surface area contributed by atoms with Gasteiger partial charge in [-0.25, -0.2) is 0 Å². The molecule has 2 nitrogen and oxygen atoms in total. The van der Waals surface area contributed by atoms with Crippen LogP contribution in [0.25, 0.3) is 10.9 Å². The van der Waals surface area contributed by atoms with Gasteiger partial charge < -0.3 is 10.1 Å². The van der Waals surface area contributed by atoms with E-state index in [1.165, 1.54) is 11.8 Å². The molecular weight excluding hydrogens is 234 g/mol. The van der Waals surface area contributed by atoms with Gasteiger partial charge in [-0.2, -0.15) is 0 Å². The molecular formula is C17H23NO. The lowest BCUT2D eigenvalue weighted by Gasteiger charge is -2.45. The molecule has 2 unspecified atom stereocenters. The second kappa shape index (κ2) is 4.11. The van der Waals surface area contributed by atoms with Gasteiger partial charge in [0.1, 0.15) is 0 Å². The summed E-state index contributed by atoms with van der Waals surface area (Å²) in [5, 5.41) is 12.3. The molecule has 1 aliphatic rings. The third-order valence-electron chi connectivity index (χ3n) is 4.45. The largest absolute Gasteiger partial charge is 0.385 e. The van der Waals surface area contributed by atoms with E-state index in [0.717, 1.165) is 23.9 Å². The molecule has 1 saturated carbocycles. The van der Waals surface area contributed by atoms with Crippen LogP contribution in [0.1, 0.15) is 45.6 Å². The fourth-order valence-corrected chi connectivity index (χ4v) is 4.09. The highest BCUT2D eigenvalue weighted by Gasteiger charge is 2.42. The predicted molar refractivity (Wildman–Crippen MR) is 79.0 cm³/mol. The molecule has 0 amide bonds. The average molecular weight is 257 g/mol. The molecule has 0 radical (unpaired) electrons. The first kappa shape index (κ1) is 12.7. The molecule has 0 bridgehead atoms. The first-order valence-corrected chi connectivity index (χ1v) is 7.18. The Morgan fingerprint density at radius 3 is 2.74 bits per heavy atom. The number of H-pyrrole nitrogens is 1. The van der Waals surface area contributed by atoms with E-state index in [1.807, 2.05) is 6.20 Å². The average Bonchev–Trinajstić information content (AvgIpc) is 2.71. The molecule has 0 spiro atoms. The van der Waals surface area contributed by atoms with Crippen LogP contribution in [0, 0.1) is 11.3 Å². The van der Waals surface area contributed by atoms with E-state index in [1.54, 1.807) is 0 Å². The number of fused-ring (bicyclic) bond motifs is 1. The smallest absolute Gasteiger partial charge is 0.0904 e. The van der Waals surface area contributed by atoms with Crippen molar-refractivity contribution in [3.05, 3.63) is 36.0 Å². The first-order chi connectivity index (χ1) is 8.88. The third kappa shape index (κ3) is 2.30. The van der Waals surface area contributed by atoms with Gasteiger partial charge in [0.25, 0.3) is 0 Å². The molecule has 19 heavy (non-hydrogen) atoms. The Kier molecular flexibility index (Phi) is 2.75. The van der Waals surface area contributed by atoms with Crippen molar-refractivity contribution in [1.29, 1.82) is 0 Å². The molecule has 1 aromatic heterocycles. The molecule has 1 aromatic carbocycles. The highest BCUT2D eigenvalue weighted by Crippen LogP contribution is 2.48. The fraction of sp³-hybridized carbons (Fsp3) is 0.529. The van der Waals surface area contributed by atoms with Gasteiger partial charge in [-0.05, 0) is 59.7 Å². The monoisotopic (exact) mass is 257 g/mol. The minimum atomic E-state index is -0.674. The highest BCUT2D eigenvalue weighted by molar-refractivity contribution is 5.80. The topological polar surface area (TPSA) is 36.0 Å². The molecule has 0 saturated heterocycles. The highest BCUT2D eigenvalue weighted by atomic mass is 16.3. The minimum Gasteiger partial charge on any atom is -0.385 e. The molecule has 2 heteroatoms. The summed E-state index contributed by atoms with van der Waals surface area (Å²) in [6.45, 7) is 6.78. The van der Waals surface area contributed by atoms with Crippen LogP contribution in [0.3, 0.4) is 0 Å². The SMILES string of the molecule is CC1CC(C)(C)CC(O)(c2ccc3[nH]ccc3c2)C1. The normalized spacial score (nSPS) is 30.6. The van der Waals surface area contributed by atoms with E-state index in [0.29, 0.717) is 5.92 Å². The van der Waals surface area contributed by atoms with Crippen LogP contribution in [0.2, 0.25) is 0 Å². The lowest BCUT2D eigenvalue weighted by Crippen LogP contribution is -2.39. The molecule has 0 aliphatic heterocycles. The summed E-state index contributed by atoms with van der Waals surface area (Å²) in [7, 11) is 0. The maximum absolute atomic E-state index is 11.1. The molecule has 102 valence electrons. The molecule has 1 fully saturated rings. The van der Waals surface area contributed by atoms with Crippen molar-refractivity contribution in [3.63, 3.8) is 0 Å².